The lowest BCUT2D eigenvalue weighted by atomic mass is 10.1. The van der Waals surface area contributed by atoms with Crippen molar-refractivity contribution in [1.29, 1.82) is 5.26 Å². The standard InChI is InChI=1S/C17H14BrFN4O/c18-13-3-4-15(19)14(10-13)17(24)23-8-6-22(7-9-23)16-12(11-20)2-1-5-21-16/h1-5,10H,6-9H2. The lowest BCUT2D eigenvalue weighted by Gasteiger charge is -2.35. The number of carbonyl (C=O) groups is 1. The van der Waals surface area contributed by atoms with Crippen LogP contribution in [0.2, 0.25) is 0 Å². The van der Waals surface area contributed by atoms with E-state index in [0.717, 1.165) is 0 Å². The smallest absolute Gasteiger partial charge is 0.256 e. The van der Waals surface area contributed by atoms with Gasteiger partial charge in [-0.3, -0.25) is 4.79 Å². The summed E-state index contributed by atoms with van der Waals surface area (Å²) in [6, 6.07) is 9.91. The molecule has 0 saturated carbocycles. The monoisotopic (exact) mass is 388 g/mol. The molecule has 2 aromatic rings. The van der Waals surface area contributed by atoms with Crippen molar-refractivity contribution in [3.8, 4) is 6.07 Å². The van der Waals surface area contributed by atoms with E-state index in [9.17, 15) is 9.18 Å². The maximum atomic E-state index is 13.9. The Bertz CT molecular complexity index is 812. The third kappa shape index (κ3) is 3.24. The Morgan fingerprint density at radius 1 is 1.25 bits per heavy atom. The van der Waals surface area contributed by atoms with Crippen LogP contribution in [0, 0.1) is 17.1 Å². The van der Waals surface area contributed by atoms with Crippen LogP contribution in [-0.2, 0) is 0 Å². The second-order valence-corrected chi connectivity index (χ2v) is 6.31. The molecule has 1 aliphatic heterocycles. The van der Waals surface area contributed by atoms with Gasteiger partial charge in [-0.05, 0) is 30.3 Å². The van der Waals surface area contributed by atoms with Crippen LogP contribution in [0.15, 0.2) is 41.0 Å². The molecule has 3 rings (SSSR count). The van der Waals surface area contributed by atoms with Gasteiger partial charge in [0.2, 0.25) is 0 Å². The second kappa shape index (κ2) is 6.97. The number of anilines is 1. The molecule has 0 unspecified atom stereocenters. The molecule has 0 spiro atoms. The maximum absolute atomic E-state index is 13.9. The summed E-state index contributed by atoms with van der Waals surface area (Å²) in [5, 5.41) is 9.17. The average Bonchev–Trinajstić information content (AvgIpc) is 2.63. The molecule has 0 radical (unpaired) electrons. The number of carbonyl (C=O) groups excluding carboxylic acids is 1. The summed E-state index contributed by atoms with van der Waals surface area (Å²) in [4.78, 5) is 20.4. The van der Waals surface area contributed by atoms with Crippen molar-refractivity contribution in [1.82, 2.24) is 9.88 Å². The number of hydrogen-bond acceptors (Lipinski definition) is 4. The highest BCUT2D eigenvalue weighted by Gasteiger charge is 2.25. The van der Waals surface area contributed by atoms with Crippen LogP contribution in [-0.4, -0.2) is 42.0 Å². The summed E-state index contributed by atoms with van der Waals surface area (Å²) in [7, 11) is 0. The summed E-state index contributed by atoms with van der Waals surface area (Å²) in [6.45, 7) is 2.00. The van der Waals surface area contributed by atoms with E-state index < -0.39 is 5.82 Å². The number of aromatic nitrogens is 1. The highest BCUT2D eigenvalue weighted by molar-refractivity contribution is 9.10. The number of piperazine rings is 1. The van der Waals surface area contributed by atoms with Gasteiger partial charge in [0.1, 0.15) is 17.7 Å². The molecule has 7 heteroatoms. The summed E-state index contributed by atoms with van der Waals surface area (Å²) in [5.74, 6) is -0.224. The lowest BCUT2D eigenvalue weighted by molar-refractivity contribution is 0.0741. The first-order valence-electron chi connectivity index (χ1n) is 7.44. The van der Waals surface area contributed by atoms with Gasteiger partial charge in [0.25, 0.3) is 5.91 Å². The minimum Gasteiger partial charge on any atom is -0.352 e. The van der Waals surface area contributed by atoms with E-state index in [1.165, 1.54) is 12.1 Å². The molecule has 2 heterocycles. The van der Waals surface area contributed by atoms with Crippen molar-refractivity contribution >= 4 is 27.7 Å². The topological polar surface area (TPSA) is 60.2 Å². The van der Waals surface area contributed by atoms with Crippen LogP contribution in [0.5, 0.6) is 0 Å². The largest absolute Gasteiger partial charge is 0.352 e. The van der Waals surface area contributed by atoms with E-state index in [-0.39, 0.29) is 11.5 Å². The van der Waals surface area contributed by atoms with E-state index in [1.807, 2.05) is 4.90 Å². The van der Waals surface area contributed by atoms with Gasteiger partial charge in [-0.25, -0.2) is 9.37 Å². The number of halogens is 2. The molecule has 0 atom stereocenters. The van der Waals surface area contributed by atoms with Crippen LogP contribution >= 0.6 is 15.9 Å². The Morgan fingerprint density at radius 3 is 2.71 bits per heavy atom. The molecule has 1 fully saturated rings. The molecule has 0 aliphatic carbocycles. The zero-order chi connectivity index (χ0) is 17.1. The van der Waals surface area contributed by atoms with Crippen LogP contribution in [0.3, 0.4) is 0 Å². The van der Waals surface area contributed by atoms with Crippen molar-refractivity contribution in [2.24, 2.45) is 0 Å². The maximum Gasteiger partial charge on any atom is 0.256 e. The molecule has 1 aliphatic rings. The Hall–Kier alpha value is -2.46. The summed E-state index contributed by atoms with van der Waals surface area (Å²) in [6.07, 6.45) is 1.64. The first-order valence-corrected chi connectivity index (χ1v) is 8.24. The van der Waals surface area contributed by atoms with Crippen LogP contribution in [0.1, 0.15) is 15.9 Å². The molecule has 1 aromatic heterocycles. The van der Waals surface area contributed by atoms with Crippen LogP contribution in [0.4, 0.5) is 10.2 Å². The molecule has 0 bridgehead atoms. The van der Waals surface area contributed by atoms with Gasteiger partial charge in [-0.15, -0.1) is 0 Å². The lowest BCUT2D eigenvalue weighted by Crippen LogP contribution is -2.49. The SMILES string of the molecule is N#Cc1cccnc1N1CCN(C(=O)c2cc(Br)ccc2F)CC1. The fraction of sp³-hybridized carbons (Fsp3) is 0.235. The number of benzene rings is 1. The molecule has 0 N–H and O–H groups in total. The van der Waals surface area contributed by atoms with Gasteiger partial charge in [-0.1, -0.05) is 15.9 Å². The average molecular weight is 389 g/mol. The molecule has 1 aromatic carbocycles. The zero-order valence-electron chi connectivity index (χ0n) is 12.7. The van der Waals surface area contributed by atoms with Crippen molar-refractivity contribution in [3.05, 3.63) is 57.9 Å². The third-order valence-corrected chi connectivity index (χ3v) is 4.43. The first-order chi connectivity index (χ1) is 11.6. The molecule has 122 valence electrons. The fourth-order valence-electron chi connectivity index (χ4n) is 2.69. The van der Waals surface area contributed by atoms with Crippen molar-refractivity contribution in [2.45, 2.75) is 0 Å². The quantitative estimate of drug-likeness (QED) is 0.793. The number of rotatable bonds is 2. The number of amides is 1. The molecule has 5 nitrogen and oxygen atoms in total. The van der Waals surface area contributed by atoms with E-state index in [4.69, 9.17) is 5.26 Å². The number of nitrogens with zero attached hydrogens (tertiary/aromatic N) is 4. The summed E-state index contributed by atoms with van der Waals surface area (Å²) >= 11 is 3.26. The van der Waals surface area contributed by atoms with E-state index >= 15 is 0 Å². The van der Waals surface area contributed by atoms with Gasteiger partial charge in [0, 0.05) is 36.8 Å². The highest BCUT2D eigenvalue weighted by Crippen LogP contribution is 2.21. The Kier molecular flexibility index (Phi) is 4.76. The zero-order valence-corrected chi connectivity index (χ0v) is 14.3. The van der Waals surface area contributed by atoms with Gasteiger partial charge in [0.05, 0.1) is 11.1 Å². The van der Waals surface area contributed by atoms with Crippen molar-refractivity contribution in [2.75, 3.05) is 31.1 Å². The Labute approximate surface area is 147 Å². The van der Waals surface area contributed by atoms with Gasteiger partial charge in [-0.2, -0.15) is 5.26 Å². The predicted octanol–water partition coefficient (Wildman–Crippen LogP) is 2.82. The van der Waals surface area contributed by atoms with Crippen LogP contribution in [0.25, 0.3) is 0 Å². The second-order valence-electron chi connectivity index (χ2n) is 5.39. The highest BCUT2D eigenvalue weighted by atomic mass is 79.9. The van der Waals surface area contributed by atoms with Crippen LogP contribution < -0.4 is 4.90 Å². The minimum atomic E-state index is -0.526. The Balaban J connectivity index is 1.72. The van der Waals surface area contributed by atoms with E-state index in [0.29, 0.717) is 42.0 Å². The predicted molar refractivity (Wildman–Crippen MR) is 91.2 cm³/mol. The number of nitriles is 1. The molecular formula is C17H14BrFN4O. The Morgan fingerprint density at radius 2 is 2.00 bits per heavy atom. The van der Waals surface area contributed by atoms with Gasteiger partial charge < -0.3 is 9.80 Å². The molecule has 1 amide bonds. The third-order valence-electron chi connectivity index (χ3n) is 3.93. The number of hydrogen-bond donors (Lipinski definition) is 0. The summed E-state index contributed by atoms with van der Waals surface area (Å²) < 4.78 is 14.6. The normalized spacial score (nSPS) is 14.4. The first kappa shape index (κ1) is 16.4. The minimum absolute atomic E-state index is 0.0633. The molecule has 1 saturated heterocycles. The fourth-order valence-corrected chi connectivity index (χ4v) is 3.05. The number of pyridine rings is 1. The molecular weight excluding hydrogens is 375 g/mol. The van der Waals surface area contributed by atoms with Crippen molar-refractivity contribution in [3.63, 3.8) is 0 Å². The summed E-state index contributed by atoms with van der Waals surface area (Å²) in [5.41, 5.74) is 0.573. The van der Waals surface area contributed by atoms with Gasteiger partial charge in [0.15, 0.2) is 0 Å². The van der Waals surface area contributed by atoms with E-state index in [2.05, 4.69) is 27.0 Å². The molecule has 24 heavy (non-hydrogen) atoms. The van der Waals surface area contributed by atoms with Gasteiger partial charge >= 0.3 is 0 Å². The van der Waals surface area contributed by atoms with Crippen molar-refractivity contribution < 1.29 is 9.18 Å². The van der Waals surface area contributed by atoms with E-state index in [1.54, 1.807) is 29.3 Å².